The Morgan fingerprint density at radius 2 is 2.00 bits per heavy atom. The maximum absolute atomic E-state index is 10.4. The van der Waals surface area contributed by atoms with Crippen molar-refractivity contribution in [3.63, 3.8) is 0 Å². The van der Waals surface area contributed by atoms with Crippen LogP contribution in [0.3, 0.4) is 0 Å². The van der Waals surface area contributed by atoms with Gasteiger partial charge in [-0.3, -0.25) is 0 Å². The fraction of sp³-hybridized carbons (Fsp3) is 0.833. The van der Waals surface area contributed by atoms with Crippen molar-refractivity contribution < 1.29 is 9.90 Å². The Balaban J connectivity index is 3.85. The second kappa shape index (κ2) is 4.11. The van der Waals surface area contributed by atoms with Crippen molar-refractivity contribution in [2.45, 2.75) is 13.3 Å². The predicted molar refractivity (Wildman–Crippen MR) is 38.7 cm³/mol. The Morgan fingerprint density at radius 1 is 1.50 bits per heavy atom. The molecular weight excluding hydrogens is 132 g/mol. The third-order valence-electron chi connectivity index (χ3n) is 1.14. The first-order chi connectivity index (χ1) is 4.59. The SMILES string of the molecule is CCCN(C(=O)O)N(C)C. The number of carbonyl (C=O) groups is 1. The van der Waals surface area contributed by atoms with Crippen LogP contribution < -0.4 is 0 Å². The van der Waals surface area contributed by atoms with Crippen LogP contribution in [-0.4, -0.2) is 41.9 Å². The highest BCUT2D eigenvalue weighted by molar-refractivity contribution is 5.64. The number of hydrazine groups is 1. The van der Waals surface area contributed by atoms with E-state index in [0.29, 0.717) is 6.54 Å². The van der Waals surface area contributed by atoms with Crippen molar-refractivity contribution in [3.05, 3.63) is 0 Å². The molecular formula is C6H14N2O2. The van der Waals surface area contributed by atoms with E-state index in [0.717, 1.165) is 6.42 Å². The third kappa shape index (κ3) is 2.68. The molecule has 0 aromatic carbocycles. The van der Waals surface area contributed by atoms with Gasteiger partial charge in [0.2, 0.25) is 0 Å². The normalized spacial score (nSPS) is 10.0. The molecule has 0 aliphatic heterocycles. The van der Waals surface area contributed by atoms with Gasteiger partial charge in [-0.25, -0.2) is 14.8 Å². The third-order valence-corrected chi connectivity index (χ3v) is 1.14. The molecule has 4 nitrogen and oxygen atoms in total. The van der Waals surface area contributed by atoms with Crippen molar-refractivity contribution in [3.8, 4) is 0 Å². The molecule has 0 aliphatic carbocycles. The van der Waals surface area contributed by atoms with Crippen LogP contribution in [0.25, 0.3) is 0 Å². The lowest BCUT2D eigenvalue weighted by atomic mass is 10.5. The summed E-state index contributed by atoms with van der Waals surface area (Å²) in [4.78, 5) is 10.4. The van der Waals surface area contributed by atoms with Crippen molar-refractivity contribution in [2.24, 2.45) is 0 Å². The Morgan fingerprint density at radius 3 is 2.10 bits per heavy atom. The summed E-state index contributed by atoms with van der Waals surface area (Å²) in [5.41, 5.74) is 0. The van der Waals surface area contributed by atoms with Gasteiger partial charge < -0.3 is 5.11 Å². The highest BCUT2D eigenvalue weighted by Crippen LogP contribution is 1.93. The van der Waals surface area contributed by atoms with Crippen LogP contribution in [0.1, 0.15) is 13.3 Å². The zero-order valence-corrected chi connectivity index (χ0v) is 6.66. The van der Waals surface area contributed by atoms with E-state index in [9.17, 15) is 4.79 Å². The van der Waals surface area contributed by atoms with Crippen LogP contribution in [-0.2, 0) is 0 Å². The molecule has 0 saturated heterocycles. The fourth-order valence-electron chi connectivity index (χ4n) is 0.679. The van der Waals surface area contributed by atoms with E-state index < -0.39 is 6.09 Å². The Labute approximate surface area is 61.0 Å². The van der Waals surface area contributed by atoms with E-state index in [1.807, 2.05) is 6.92 Å². The lowest BCUT2D eigenvalue weighted by Crippen LogP contribution is -2.41. The lowest BCUT2D eigenvalue weighted by Gasteiger charge is -2.24. The van der Waals surface area contributed by atoms with Crippen LogP contribution >= 0.6 is 0 Å². The average Bonchev–Trinajstić information content (AvgIpc) is 1.81. The van der Waals surface area contributed by atoms with Crippen LogP contribution in [0.4, 0.5) is 4.79 Å². The number of carboxylic acid groups (broad SMARTS) is 1. The Bertz CT molecular complexity index is 114. The van der Waals surface area contributed by atoms with E-state index in [1.54, 1.807) is 19.1 Å². The monoisotopic (exact) mass is 146 g/mol. The molecule has 0 fully saturated rings. The molecule has 1 N–H and O–H groups in total. The Hall–Kier alpha value is -0.770. The van der Waals surface area contributed by atoms with Gasteiger partial charge >= 0.3 is 6.09 Å². The summed E-state index contributed by atoms with van der Waals surface area (Å²) in [7, 11) is 3.42. The first kappa shape index (κ1) is 9.23. The molecule has 0 radical (unpaired) electrons. The summed E-state index contributed by atoms with van der Waals surface area (Å²) in [5, 5.41) is 11.4. The minimum atomic E-state index is -0.896. The van der Waals surface area contributed by atoms with Gasteiger partial charge in [0.05, 0.1) is 0 Å². The second-order valence-electron chi connectivity index (χ2n) is 2.25. The van der Waals surface area contributed by atoms with E-state index in [4.69, 9.17) is 5.11 Å². The van der Waals surface area contributed by atoms with Gasteiger partial charge in [0.1, 0.15) is 0 Å². The molecule has 0 aromatic heterocycles. The molecule has 0 atom stereocenters. The number of amides is 1. The molecule has 0 unspecified atom stereocenters. The molecule has 0 spiro atoms. The average molecular weight is 146 g/mol. The summed E-state index contributed by atoms with van der Waals surface area (Å²) in [6.45, 7) is 2.50. The van der Waals surface area contributed by atoms with E-state index in [2.05, 4.69) is 0 Å². The van der Waals surface area contributed by atoms with E-state index >= 15 is 0 Å². The highest BCUT2D eigenvalue weighted by Gasteiger charge is 2.11. The highest BCUT2D eigenvalue weighted by atomic mass is 16.4. The minimum absolute atomic E-state index is 0.558. The molecule has 0 aliphatic rings. The summed E-state index contributed by atoms with van der Waals surface area (Å²) in [6.07, 6.45) is -0.0587. The van der Waals surface area contributed by atoms with Gasteiger partial charge in [-0.15, -0.1) is 0 Å². The quantitative estimate of drug-likeness (QED) is 0.600. The van der Waals surface area contributed by atoms with Gasteiger partial charge in [0.25, 0.3) is 0 Å². The molecule has 0 heterocycles. The molecule has 60 valence electrons. The smallest absolute Gasteiger partial charge is 0.421 e. The van der Waals surface area contributed by atoms with E-state index in [1.165, 1.54) is 5.01 Å². The van der Waals surface area contributed by atoms with Gasteiger partial charge in [-0.2, -0.15) is 0 Å². The summed E-state index contributed by atoms with van der Waals surface area (Å²) < 4.78 is 0. The van der Waals surface area contributed by atoms with Gasteiger partial charge in [-0.05, 0) is 6.42 Å². The Kier molecular flexibility index (Phi) is 3.79. The largest absolute Gasteiger partial charge is 0.464 e. The van der Waals surface area contributed by atoms with Crippen LogP contribution in [0.15, 0.2) is 0 Å². The zero-order valence-electron chi connectivity index (χ0n) is 6.66. The summed E-state index contributed by atoms with van der Waals surface area (Å²) in [5.74, 6) is 0. The molecule has 0 bridgehead atoms. The molecule has 1 amide bonds. The van der Waals surface area contributed by atoms with Crippen molar-refractivity contribution in [2.75, 3.05) is 20.6 Å². The first-order valence-electron chi connectivity index (χ1n) is 3.27. The van der Waals surface area contributed by atoms with Crippen molar-refractivity contribution >= 4 is 6.09 Å². The van der Waals surface area contributed by atoms with Gasteiger partial charge in [0, 0.05) is 20.6 Å². The number of hydrogen-bond donors (Lipinski definition) is 1. The topological polar surface area (TPSA) is 43.8 Å². The number of nitrogens with zero attached hydrogens (tertiary/aromatic N) is 2. The molecule has 0 rings (SSSR count). The van der Waals surface area contributed by atoms with Crippen molar-refractivity contribution in [1.82, 2.24) is 10.0 Å². The number of rotatable bonds is 3. The van der Waals surface area contributed by atoms with E-state index in [-0.39, 0.29) is 0 Å². The molecule has 0 saturated carbocycles. The van der Waals surface area contributed by atoms with Crippen LogP contribution in [0.2, 0.25) is 0 Å². The molecule has 4 heteroatoms. The molecule has 0 aromatic rings. The van der Waals surface area contributed by atoms with Gasteiger partial charge in [0.15, 0.2) is 0 Å². The zero-order chi connectivity index (χ0) is 8.15. The molecule has 10 heavy (non-hydrogen) atoms. The maximum Gasteiger partial charge on any atom is 0.421 e. The standard InChI is InChI=1S/C6H14N2O2/c1-4-5-8(6(9)10)7(2)3/h4-5H2,1-3H3,(H,9,10). The van der Waals surface area contributed by atoms with Gasteiger partial charge in [-0.1, -0.05) is 6.92 Å². The van der Waals surface area contributed by atoms with Crippen molar-refractivity contribution in [1.29, 1.82) is 0 Å². The predicted octanol–water partition coefficient (Wildman–Crippen LogP) is 0.853. The van der Waals surface area contributed by atoms with Crippen LogP contribution in [0.5, 0.6) is 0 Å². The minimum Gasteiger partial charge on any atom is -0.464 e. The van der Waals surface area contributed by atoms with Crippen LogP contribution in [0, 0.1) is 0 Å². The maximum atomic E-state index is 10.4. The summed E-state index contributed by atoms with van der Waals surface area (Å²) >= 11 is 0. The fourth-order valence-corrected chi connectivity index (χ4v) is 0.679. The summed E-state index contributed by atoms with van der Waals surface area (Å²) in [6, 6.07) is 0. The lowest BCUT2D eigenvalue weighted by molar-refractivity contribution is 0.0318. The second-order valence-corrected chi connectivity index (χ2v) is 2.25. The number of hydrogen-bond acceptors (Lipinski definition) is 2. The first-order valence-corrected chi connectivity index (χ1v) is 3.27.